The van der Waals surface area contributed by atoms with Crippen molar-refractivity contribution in [1.29, 1.82) is 0 Å². The third-order valence-corrected chi connectivity index (χ3v) is 5.92. The van der Waals surface area contributed by atoms with Crippen molar-refractivity contribution in [3.63, 3.8) is 0 Å². The summed E-state index contributed by atoms with van der Waals surface area (Å²) in [5.41, 5.74) is 0. The Balaban J connectivity index is 2.03. The third-order valence-electron chi connectivity index (χ3n) is 3.99. The molecule has 0 amide bonds. The van der Waals surface area contributed by atoms with Crippen molar-refractivity contribution in [2.75, 3.05) is 13.1 Å². The molecule has 0 radical (unpaired) electrons. The molecule has 1 saturated heterocycles. The maximum atomic E-state index is 12.9. The highest BCUT2D eigenvalue weighted by atomic mass is 32.2. The van der Waals surface area contributed by atoms with Crippen molar-refractivity contribution in [3.05, 3.63) is 36.7 Å². The quantitative estimate of drug-likeness (QED) is 0.930. The summed E-state index contributed by atoms with van der Waals surface area (Å²) >= 11 is 0. The normalized spacial score (nSPS) is 20.1. The van der Waals surface area contributed by atoms with Crippen LogP contribution < -0.4 is 0 Å². The van der Waals surface area contributed by atoms with Gasteiger partial charge >= 0.3 is 5.97 Å². The minimum absolute atomic E-state index is 0.0221. The van der Waals surface area contributed by atoms with E-state index in [4.69, 9.17) is 5.11 Å². The summed E-state index contributed by atoms with van der Waals surface area (Å²) in [6.07, 6.45) is 4.21. The van der Waals surface area contributed by atoms with Gasteiger partial charge < -0.3 is 5.11 Å². The zero-order valence-electron chi connectivity index (χ0n) is 11.8. The molecule has 6 nitrogen and oxygen atoms in total. The van der Waals surface area contributed by atoms with E-state index in [0.29, 0.717) is 24.8 Å². The topological polar surface area (TPSA) is 87.6 Å². The van der Waals surface area contributed by atoms with Gasteiger partial charge in [-0.1, -0.05) is 12.1 Å². The Hall–Kier alpha value is -1.99. The smallest absolute Gasteiger partial charge is 0.307 e. The number of piperidine rings is 1. The molecule has 2 heterocycles. The highest BCUT2D eigenvalue weighted by Crippen LogP contribution is 2.28. The molecule has 0 aliphatic carbocycles. The van der Waals surface area contributed by atoms with Crippen LogP contribution in [-0.4, -0.2) is 41.9 Å². The van der Waals surface area contributed by atoms with E-state index in [1.807, 2.05) is 6.07 Å². The lowest BCUT2D eigenvalue weighted by Gasteiger charge is -2.30. The van der Waals surface area contributed by atoms with Gasteiger partial charge in [0.2, 0.25) is 10.0 Å². The van der Waals surface area contributed by atoms with Crippen LogP contribution in [0.3, 0.4) is 0 Å². The van der Waals surface area contributed by atoms with E-state index < -0.39 is 21.9 Å². The second kappa shape index (κ2) is 5.66. The number of carbonyl (C=O) groups is 1. The highest BCUT2D eigenvalue weighted by molar-refractivity contribution is 7.89. The van der Waals surface area contributed by atoms with Crippen LogP contribution in [-0.2, 0) is 14.8 Å². The summed E-state index contributed by atoms with van der Waals surface area (Å²) in [4.78, 5) is 15.3. The maximum absolute atomic E-state index is 12.9. The van der Waals surface area contributed by atoms with E-state index in [0.717, 1.165) is 5.39 Å². The molecule has 1 aromatic heterocycles. The molecule has 0 bridgehead atoms. The zero-order valence-corrected chi connectivity index (χ0v) is 12.7. The molecule has 116 valence electrons. The third kappa shape index (κ3) is 2.57. The van der Waals surface area contributed by atoms with Gasteiger partial charge in [-0.25, -0.2) is 8.42 Å². The number of hydrogen-bond acceptors (Lipinski definition) is 4. The molecule has 1 aliphatic heterocycles. The monoisotopic (exact) mass is 320 g/mol. The van der Waals surface area contributed by atoms with Gasteiger partial charge in [-0.2, -0.15) is 4.31 Å². The first-order valence-electron chi connectivity index (χ1n) is 7.06. The van der Waals surface area contributed by atoms with Crippen LogP contribution in [0.15, 0.2) is 41.6 Å². The predicted molar refractivity (Wildman–Crippen MR) is 80.9 cm³/mol. The average molecular weight is 320 g/mol. The molecule has 1 fully saturated rings. The van der Waals surface area contributed by atoms with Crippen molar-refractivity contribution < 1.29 is 18.3 Å². The summed E-state index contributed by atoms with van der Waals surface area (Å²) in [5, 5.41) is 10.5. The molecule has 1 N–H and O–H groups in total. The standard InChI is InChI=1S/C15H16N2O4S/c18-15(19)12-4-2-8-17(10-12)22(20,21)14-5-1-3-11-6-7-16-9-13(11)14/h1,3,5-7,9,12H,2,4,8,10H2,(H,18,19). The summed E-state index contributed by atoms with van der Waals surface area (Å²) in [6.45, 7) is 0.372. The SMILES string of the molecule is O=C(O)C1CCCN(S(=O)(=O)c2cccc3ccncc23)C1. The Kier molecular flexibility index (Phi) is 3.84. The van der Waals surface area contributed by atoms with Gasteiger partial charge in [0.05, 0.1) is 10.8 Å². The lowest BCUT2D eigenvalue weighted by Crippen LogP contribution is -2.42. The molecule has 1 aromatic carbocycles. The van der Waals surface area contributed by atoms with E-state index >= 15 is 0 Å². The van der Waals surface area contributed by atoms with Crippen LogP contribution in [0.1, 0.15) is 12.8 Å². The van der Waals surface area contributed by atoms with Gasteiger partial charge in [0.25, 0.3) is 0 Å². The molecular weight excluding hydrogens is 304 g/mol. The molecule has 7 heteroatoms. The van der Waals surface area contributed by atoms with Gasteiger partial charge in [-0.15, -0.1) is 0 Å². The van der Waals surface area contributed by atoms with Gasteiger partial charge in [0.15, 0.2) is 0 Å². The summed E-state index contributed by atoms with van der Waals surface area (Å²) in [5.74, 6) is -1.59. The molecule has 1 atom stereocenters. The van der Waals surface area contributed by atoms with E-state index in [1.54, 1.807) is 24.4 Å². The number of rotatable bonds is 3. The number of carboxylic acid groups (broad SMARTS) is 1. The number of fused-ring (bicyclic) bond motifs is 1. The molecule has 1 aliphatic rings. The number of nitrogens with zero attached hydrogens (tertiary/aromatic N) is 2. The van der Waals surface area contributed by atoms with Crippen molar-refractivity contribution in [3.8, 4) is 0 Å². The summed E-state index contributed by atoms with van der Waals surface area (Å²) in [7, 11) is -3.73. The number of benzene rings is 1. The fourth-order valence-corrected chi connectivity index (χ4v) is 4.53. The van der Waals surface area contributed by atoms with Crippen molar-refractivity contribution in [1.82, 2.24) is 9.29 Å². The van der Waals surface area contributed by atoms with Gasteiger partial charge in [-0.3, -0.25) is 9.78 Å². The Morgan fingerprint density at radius 3 is 2.91 bits per heavy atom. The largest absolute Gasteiger partial charge is 0.481 e. The van der Waals surface area contributed by atoms with Crippen LogP contribution >= 0.6 is 0 Å². The van der Waals surface area contributed by atoms with Crippen LogP contribution in [0.5, 0.6) is 0 Å². The number of hydrogen-bond donors (Lipinski definition) is 1. The Morgan fingerprint density at radius 2 is 2.14 bits per heavy atom. The number of aliphatic carboxylic acids is 1. The van der Waals surface area contributed by atoms with Gasteiger partial charge in [-0.05, 0) is 30.4 Å². The number of carboxylic acids is 1. The molecule has 0 saturated carbocycles. The molecule has 22 heavy (non-hydrogen) atoms. The maximum Gasteiger partial charge on any atom is 0.307 e. The molecule has 1 unspecified atom stereocenters. The first-order chi connectivity index (χ1) is 10.5. The number of sulfonamides is 1. The van der Waals surface area contributed by atoms with Crippen LogP contribution in [0.4, 0.5) is 0 Å². The van der Waals surface area contributed by atoms with Gasteiger partial charge in [0.1, 0.15) is 0 Å². The fraction of sp³-hybridized carbons (Fsp3) is 0.333. The fourth-order valence-electron chi connectivity index (χ4n) is 2.81. The van der Waals surface area contributed by atoms with Crippen LogP contribution in [0.2, 0.25) is 0 Å². The van der Waals surface area contributed by atoms with E-state index in [-0.39, 0.29) is 11.4 Å². The van der Waals surface area contributed by atoms with Crippen molar-refractivity contribution in [2.45, 2.75) is 17.7 Å². The Morgan fingerprint density at radius 1 is 1.32 bits per heavy atom. The first-order valence-corrected chi connectivity index (χ1v) is 8.50. The lowest BCUT2D eigenvalue weighted by molar-refractivity contribution is -0.142. The Bertz CT molecular complexity index is 814. The minimum Gasteiger partial charge on any atom is -0.481 e. The second-order valence-corrected chi connectivity index (χ2v) is 7.30. The van der Waals surface area contributed by atoms with E-state index in [2.05, 4.69) is 4.98 Å². The van der Waals surface area contributed by atoms with E-state index in [1.165, 1.54) is 10.5 Å². The van der Waals surface area contributed by atoms with Crippen molar-refractivity contribution >= 4 is 26.8 Å². The number of aromatic nitrogens is 1. The molecular formula is C15H16N2O4S. The molecule has 3 rings (SSSR count). The molecule has 2 aromatic rings. The second-order valence-electron chi connectivity index (χ2n) is 5.39. The zero-order chi connectivity index (χ0) is 15.7. The summed E-state index contributed by atoms with van der Waals surface area (Å²) < 4.78 is 27.0. The Labute approximate surface area is 128 Å². The first kappa shape index (κ1) is 14.9. The van der Waals surface area contributed by atoms with Crippen LogP contribution in [0.25, 0.3) is 10.8 Å². The van der Waals surface area contributed by atoms with E-state index in [9.17, 15) is 13.2 Å². The van der Waals surface area contributed by atoms with Crippen molar-refractivity contribution in [2.24, 2.45) is 5.92 Å². The van der Waals surface area contributed by atoms with Crippen LogP contribution in [0, 0.1) is 5.92 Å². The summed E-state index contributed by atoms with van der Waals surface area (Å²) in [6, 6.07) is 6.81. The number of pyridine rings is 1. The average Bonchev–Trinajstić information content (AvgIpc) is 2.54. The highest BCUT2D eigenvalue weighted by Gasteiger charge is 2.33. The van der Waals surface area contributed by atoms with Gasteiger partial charge in [0, 0.05) is 30.9 Å². The lowest BCUT2D eigenvalue weighted by atomic mass is 10.0. The minimum atomic E-state index is -3.73. The predicted octanol–water partition coefficient (Wildman–Crippen LogP) is 1.72. The molecule has 0 spiro atoms.